The number of benzene rings is 1. The van der Waals surface area contributed by atoms with Gasteiger partial charge < -0.3 is 15.2 Å². The van der Waals surface area contributed by atoms with Crippen LogP contribution in [0, 0.1) is 20.8 Å². The third-order valence-electron chi connectivity index (χ3n) is 4.79. The summed E-state index contributed by atoms with van der Waals surface area (Å²) in [7, 11) is -1.55. The molecule has 0 saturated heterocycles. The van der Waals surface area contributed by atoms with Crippen molar-refractivity contribution in [2.24, 2.45) is 0 Å². The van der Waals surface area contributed by atoms with Crippen molar-refractivity contribution in [1.82, 2.24) is 15.1 Å². The van der Waals surface area contributed by atoms with Crippen LogP contribution in [-0.2, 0) is 4.52 Å². The van der Waals surface area contributed by atoms with Crippen LogP contribution >= 0.6 is 7.87 Å². The maximum absolute atomic E-state index is 11.4. The number of methoxy groups -OCH3 is 1. The first-order valence-electron chi connectivity index (χ1n) is 9.46. The molecular weight excluding hydrogens is 391 g/mol. The van der Waals surface area contributed by atoms with E-state index >= 15 is 0 Å². The largest absolute Gasteiger partial charge is 0.504 e. The van der Waals surface area contributed by atoms with Crippen LogP contribution in [0.15, 0.2) is 30.2 Å². The van der Waals surface area contributed by atoms with E-state index < -0.39 is 13.5 Å². The van der Waals surface area contributed by atoms with Crippen LogP contribution in [0.2, 0.25) is 0 Å². The van der Waals surface area contributed by atoms with E-state index in [9.17, 15) is 10.00 Å². The molecule has 1 aromatic heterocycles. The molecule has 0 saturated carbocycles. The molecule has 0 bridgehead atoms. The highest BCUT2D eigenvalue weighted by Gasteiger charge is 2.53. The van der Waals surface area contributed by atoms with Crippen LogP contribution in [0.1, 0.15) is 41.5 Å². The molecule has 0 fully saturated rings. The molecule has 0 spiro atoms. The SMILES string of the molecule is CCC1=CO[P+](O)(C(CNc2nc(C)cc(C)n2)c2cc(C)c(O)c(OC)c2)N1. The average molecular weight is 419 g/mol. The van der Waals surface area contributed by atoms with Crippen LogP contribution in [0.3, 0.4) is 0 Å². The summed E-state index contributed by atoms with van der Waals surface area (Å²) < 4.78 is 11.1. The maximum atomic E-state index is 11.4. The molecule has 0 aliphatic carbocycles. The summed E-state index contributed by atoms with van der Waals surface area (Å²) in [6, 6.07) is 5.46. The fourth-order valence-corrected chi connectivity index (χ4v) is 5.43. The molecule has 2 aromatic rings. The highest BCUT2D eigenvalue weighted by atomic mass is 31.2. The molecule has 2 heterocycles. The normalized spacial score (nSPS) is 19.2. The van der Waals surface area contributed by atoms with Gasteiger partial charge >= 0.3 is 7.87 Å². The van der Waals surface area contributed by atoms with Gasteiger partial charge in [-0.2, -0.15) is 4.89 Å². The molecule has 4 N–H and O–H groups in total. The number of phenolic OH excluding ortho intramolecular Hbond substituents is 1. The Balaban J connectivity index is 1.95. The van der Waals surface area contributed by atoms with Gasteiger partial charge in [-0.15, -0.1) is 0 Å². The van der Waals surface area contributed by atoms with Crippen LogP contribution in [0.25, 0.3) is 0 Å². The lowest BCUT2D eigenvalue weighted by Gasteiger charge is -2.24. The lowest BCUT2D eigenvalue weighted by atomic mass is 10.1. The van der Waals surface area contributed by atoms with Gasteiger partial charge in [0.25, 0.3) is 0 Å². The van der Waals surface area contributed by atoms with Gasteiger partial charge in [-0.05, 0) is 51.0 Å². The summed E-state index contributed by atoms with van der Waals surface area (Å²) >= 11 is 0. The summed E-state index contributed by atoms with van der Waals surface area (Å²) in [6.45, 7) is 7.93. The topological polar surface area (TPSA) is 109 Å². The minimum atomic E-state index is -3.05. The number of anilines is 1. The molecule has 2 atom stereocenters. The van der Waals surface area contributed by atoms with Gasteiger partial charge in [0.05, 0.1) is 19.4 Å². The highest BCUT2D eigenvalue weighted by Crippen LogP contribution is 2.67. The Morgan fingerprint density at radius 1 is 1.21 bits per heavy atom. The van der Waals surface area contributed by atoms with Gasteiger partial charge in [0.1, 0.15) is 0 Å². The van der Waals surface area contributed by atoms with E-state index in [1.807, 2.05) is 32.9 Å². The summed E-state index contributed by atoms with van der Waals surface area (Å²) in [4.78, 5) is 20.2. The van der Waals surface area contributed by atoms with Crippen molar-refractivity contribution in [1.29, 1.82) is 0 Å². The van der Waals surface area contributed by atoms with Crippen molar-refractivity contribution in [3.8, 4) is 11.5 Å². The van der Waals surface area contributed by atoms with E-state index in [1.165, 1.54) is 7.11 Å². The van der Waals surface area contributed by atoms with Crippen LogP contribution in [-0.4, -0.2) is 33.6 Å². The summed E-state index contributed by atoms with van der Waals surface area (Å²) in [5.41, 5.74) is 3.55. The third kappa shape index (κ3) is 4.54. The van der Waals surface area contributed by atoms with E-state index in [4.69, 9.17) is 9.26 Å². The lowest BCUT2D eigenvalue weighted by molar-refractivity contribution is 0.370. The number of rotatable bonds is 7. The van der Waals surface area contributed by atoms with Gasteiger partial charge in [-0.25, -0.2) is 15.1 Å². The van der Waals surface area contributed by atoms with Crippen molar-refractivity contribution in [2.45, 2.75) is 39.8 Å². The van der Waals surface area contributed by atoms with E-state index in [0.717, 1.165) is 29.1 Å². The number of phenols is 1. The summed E-state index contributed by atoms with van der Waals surface area (Å²) in [5, 5.41) is 16.6. The maximum Gasteiger partial charge on any atom is 0.422 e. The standard InChI is InChI=1S/C20H27N4O4P/c1-6-16-11-28-29(26,24-16)18(10-21-20-22-13(3)8-14(4)23-20)15-7-12(2)19(25)17(9-15)27-5/h7-9,11,18,24,26H,6,10H2,1-5H3,(H-,21,22,23,25)/p+1. The van der Waals surface area contributed by atoms with Crippen molar-refractivity contribution < 1.29 is 19.3 Å². The Bertz CT molecular complexity index is 917. The lowest BCUT2D eigenvalue weighted by Crippen LogP contribution is -2.23. The van der Waals surface area contributed by atoms with E-state index in [0.29, 0.717) is 23.8 Å². The number of allylic oxidation sites excluding steroid dienone is 1. The Kier molecular flexibility index (Phi) is 6.15. The predicted octanol–water partition coefficient (Wildman–Crippen LogP) is 3.90. The van der Waals surface area contributed by atoms with Gasteiger partial charge in [0.2, 0.25) is 5.95 Å². The highest BCUT2D eigenvalue weighted by molar-refractivity contribution is 7.64. The van der Waals surface area contributed by atoms with Gasteiger partial charge in [0, 0.05) is 17.0 Å². The Morgan fingerprint density at radius 3 is 2.48 bits per heavy atom. The number of aryl methyl sites for hydroxylation is 3. The smallest absolute Gasteiger partial charge is 0.422 e. The zero-order valence-corrected chi connectivity index (χ0v) is 18.2. The van der Waals surface area contributed by atoms with Crippen molar-refractivity contribution in [3.63, 3.8) is 0 Å². The fraction of sp³-hybridized carbons (Fsp3) is 0.400. The van der Waals surface area contributed by atoms with Crippen LogP contribution < -0.4 is 15.1 Å². The quantitative estimate of drug-likeness (QED) is 0.501. The molecule has 1 aliphatic heterocycles. The first kappa shape index (κ1) is 21.1. The Morgan fingerprint density at radius 2 is 1.90 bits per heavy atom. The molecule has 9 heteroatoms. The van der Waals surface area contributed by atoms with Crippen LogP contribution in [0.5, 0.6) is 11.5 Å². The van der Waals surface area contributed by atoms with Gasteiger partial charge in [-0.1, -0.05) is 6.92 Å². The second kappa shape index (κ2) is 8.43. The van der Waals surface area contributed by atoms with E-state index in [1.54, 1.807) is 19.3 Å². The number of nitrogens with one attached hydrogen (secondary N) is 2. The molecule has 156 valence electrons. The molecule has 2 unspecified atom stereocenters. The molecule has 1 aliphatic rings. The number of hydrogen-bond acceptors (Lipinski definition) is 8. The minimum Gasteiger partial charge on any atom is -0.504 e. The van der Waals surface area contributed by atoms with Crippen molar-refractivity contribution in [3.05, 3.63) is 52.7 Å². The van der Waals surface area contributed by atoms with E-state index in [-0.39, 0.29) is 5.75 Å². The monoisotopic (exact) mass is 419 g/mol. The number of aromatic hydroxyl groups is 1. The molecule has 0 amide bonds. The molecule has 3 rings (SSSR count). The third-order valence-corrected chi connectivity index (χ3v) is 7.15. The molecule has 1 aromatic carbocycles. The fourth-order valence-electron chi connectivity index (χ4n) is 3.27. The summed E-state index contributed by atoms with van der Waals surface area (Å²) in [5.74, 6) is 0.921. The summed E-state index contributed by atoms with van der Waals surface area (Å²) in [6.07, 6.45) is 2.30. The average Bonchev–Trinajstić information content (AvgIpc) is 3.05. The number of aromatic nitrogens is 2. The van der Waals surface area contributed by atoms with Crippen LogP contribution in [0.4, 0.5) is 5.95 Å². The van der Waals surface area contributed by atoms with Crippen molar-refractivity contribution >= 4 is 13.8 Å². The zero-order valence-electron chi connectivity index (χ0n) is 17.4. The minimum absolute atomic E-state index is 0.0820. The number of ether oxygens (including phenoxy) is 1. The predicted molar refractivity (Wildman–Crippen MR) is 114 cm³/mol. The Labute approximate surface area is 171 Å². The number of hydrogen-bond donors (Lipinski definition) is 4. The van der Waals surface area contributed by atoms with Gasteiger partial charge in [0.15, 0.2) is 23.4 Å². The molecular formula is C20H28N4O4P+. The molecule has 0 radical (unpaired) electrons. The second-order valence-electron chi connectivity index (χ2n) is 7.10. The van der Waals surface area contributed by atoms with E-state index in [2.05, 4.69) is 20.4 Å². The Hall–Kier alpha value is -2.57. The zero-order chi connectivity index (χ0) is 21.2. The molecule has 8 nitrogen and oxygen atoms in total. The number of nitrogens with zero attached hydrogens (tertiary/aromatic N) is 2. The first-order valence-corrected chi connectivity index (χ1v) is 11.2. The van der Waals surface area contributed by atoms with Crippen molar-refractivity contribution in [2.75, 3.05) is 19.0 Å². The molecule has 29 heavy (non-hydrogen) atoms. The van der Waals surface area contributed by atoms with Gasteiger partial charge in [-0.3, -0.25) is 4.52 Å². The first-order chi connectivity index (χ1) is 13.8. The second-order valence-corrected chi connectivity index (χ2v) is 9.40.